The zero-order valence-electron chi connectivity index (χ0n) is 16.5. The Morgan fingerprint density at radius 1 is 1.14 bits per heavy atom. The van der Waals surface area contributed by atoms with E-state index >= 15 is 0 Å². The van der Waals surface area contributed by atoms with E-state index in [2.05, 4.69) is 24.0 Å². The van der Waals surface area contributed by atoms with Gasteiger partial charge < -0.3 is 9.64 Å². The topological polar surface area (TPSA) is 49.9 Å². The monoisotopic (exact) mass is 400 g/mol. The first-order valence-corrected chi connectivity index (χ1v) is 11.1. The summed E-state index contributed by atoms with van der Waals surface area (Å²) in [6.45, 7) is 6.00. The van der Waals surface area contributed by atoms with Gasteiger partial charge in [0.25, 0.3) is 11.1 Å². The Morgan fingerprint density at radius 2 is 1.89 bits per heavy atom. The fraction of sp³-hybridized carbons (Fsp3) is 0.545. The van der Waals surface area contributed by atoms with Crippen LogP contribution in [0, 0.1) is 12.8 Å². The summed E-state index contributed by atoms with van der Waals surface area (Å²) in [5, 5.41) is -0.122. The number of morpholine rings is 1. The number of amides is 2. The normalized spacial score (nSPS) is 23.1. The highest BCUT2D eigenvalue weighted by Crippen LogP contribution is 2.35. The Balaban J connectivity index is 1.46. The van der Waals surface area contributed by atoms with Gasteiger partial charge in [-0.15, -0.1) is 0 Å². The van der Waals surface area contributed by atoms with Crippen molar-refractivity contribution in [1.82, 2.24) is 4.90 Å². The lowest BCUT2D eigenvalue weighted by Gasteiger charge is -2.30. The minimum absolute atomic E-state index is 0.122. The van der Waals surface area contributed by atoms with Crippen LogP contribution >= 0.6 is 11.8 Å². The molecule has 1 aromatic rings. The summed E-state index contributed by atoms with van der Waals surface area (Å²) in [5.74, 6) is 0.340. The summed E-state index contributed by atoms with van der Waals surface area (Å²) >= 11 is 1.07. The van der Waals surface area contributed by atoms with E-state index in [0.717, 1.165) is 56.5 Å². The van der Waals surface area contributed by atoms with E-state index < -0.39 is 0 Å². The summed E-state index contributed by atoms with van der Waals surface area (Å²) in [6.07, 6.45) is 7.82. The van der Waals surface area contributed by atoms with E-state index in [1.807, 2.05) is 12.1 Å². The highest BCUT2D eigenvalue weighted by molar-refractivity contribution is 8.18. The third kappa shape index (κ3) is 4.28. The summed E-state index contributed by atoms with van der Waals surface area (Å²) in [4.78, 5) is 29.5. The van der Waals surface area contributed by atoms with E-state index in [4.69, 9.17) is 4.74 Å². The standard InChI is InChI=1S/C22H28N2O3S/c1-16-13-18(7-8-19(16)23-9-11-27-12-10-23)14-20-21(25)24(22(26)28-20)15-17-5-3-2-4-6-17/h7-8,13-14,17H,2-6,9-12,15H2,1H3/b20-14+. The van der Waals surface area contributed by atoms with Crippen LogP contribution in [-0.2, 0) is 9.53 Å². The Bertz CT molecular complexity index is 780. The number of rotatable bonds is 4. The number of ether oxygens (including phenoxy) is 1. The molecule has 0 N–H and O–H groups in total. The van der Waals surface area contributed by atoms with Gasteiger partial charge in [0.05, 0.1) is 18.1 Å². The maximum atomic E-state index is 12.8. The second kappa shape index (κ2) is 8.70. The van der Waals surface area contributed by atoms with Gasteiger partial charge in [-0.1, -0.05) is 25.3 Å². The second-order valence-electron chi connectivity index (χ2n) is 7.94. The third-order valence-electron chi connectivity index (χ3n) is 5.91. The van der Waals surface area contributed by atoms with Crippen LogP contribution in [0.25, 0.3) is 6.08 Å². The number of imide groups is 1. The lowest BCUT2D eigenvalue weighted by atomic mass is 9.89. The van der Waals surface area contributed by atoms with E-state index in [1.54, 1.807) is 0 Å². The molecule has 2 heterocycles. The molecule has 0 spiro atoms. The number of benzene rings is 1. The summed E-state index contributed by atoms with van der Waals surface area (Å²) in [6, 6.07) is 6.24. The molecular formula is C22H28N2O3S. The van der Waals surface area contributed by atoms with Crippen LogP contribution in [0.15, 0.2) is 23.1 Å². The van der Waals surface area contributed by atoms with Crippen LogP contribution in [0.3, 0.4) is 0 Å². The van der Waals surface area contributed by atoms with Gasteiger partial charge in [-0.3, -0.25) is 14.5 Å². The van der Waals surface area contributed by atoms with Crippen LogP contribution in [0.2, 0.25) is 0 Å². The van der Waals surface area contributed by atoms with E-state index in [0.29, 0.717) is 17.4 Å². The molecule has 0 aromatic heterocycles. The molecular weight excluding hydrogens is 372 g/mol. The molecule has 0 bridgehead atoms. The van der Waals surface area contributed by atoms with Crippen molar-refractivity contribution in [3.05, 3.63) is 34.2 Å². The largest absolute Gasteiger partial charge is 0.378 e. The first-order valence-electron chi connectivity index (χ1n) is 10.3. The smallest absolute Gasteiger partial charge is 0.293 e. The predicted octanol–water partition coefficient (Wildman–Crippen LogP) is 4.45. The van der Waals surface area contributed by atoms with E-state index in [1.165, 1.54) is 35.4 Å². The molecule has 28 heavy (non-hydrogen) atoms. The first kappa shape index (κ1) is 19.5. The molecule has 4 rings (SSSR count). The molecule has 5 nitrogen and oxygen atoms in total. The van der Waals surface area contributed by atoms with Gasteiger partial charge in [-0.2, -0.15) is 0 Å². The van der Waals surface area contributed by atoms with Crippen LogP contribution in [0.4, 0.5) is 10.5 Å². The maximum absolute atomic E-state index is 12.8. The number of aryl methyl sites for hydroxylation is 1. The van der Waals surface area contributed by atoms with Crippen molar-refractivity contribution in [3.8, 4) is 0 Å². The molecule has 3 fully saturated rings. The number of thioether (sulfide) groups is 1. The molecule has 1 aliphatic carbocycles. The van der Waals surface area contributed by atoms with Crippen LogP contribution < -0.4 is 4.90 Å². The molecule has 1 aromatic carbocycles. The van der Waals surface area contributed by atoms with Crippen molar-refractivity contribution in [2.75, 3.05) is 37.7 Å². The lowest BCUT2D eigenvalue weighted by Crippen LogP contribution is -2.36. The molecule has 150 valence electrons. The third-order valence-corrected chi connectivity index (χ3v) is 6.82. The molecule has 6 heteroatoms. The molecule has 0 atom stereocenters. The Morgan fingerprint density at radius 3 is 2.61 bits per heavy atom. The fourth-order valence-corrected chi connectivity index (χ4v) is 5.21. The van der Waals surface area contributed by atoms with Crippen molar-refractivity contribution < 1.29 is 14.3 Å². The van der Waals surface area contributed by atoms with Gasteiger partial charge in [-0.05, 0) is 66.8 Å². The molecule has 0 radical (unpaired) electrons. The van der Waals surface area contributed by atoms with E-state index in [-0.39, 0.29) is 11.1 Å². The van der Waals surface area contributed by atoms with Gasteiger partial charge in [0.2, 0.25) is 0 Å². The highest BCUT2D eigenvalue weighted by atomic mass is 32.2. The molecule has 1 saturated carbocycles. The van der Waals surface area contributed by atoms with Crippen molar-refractivity contribution in [2.45, 2.75) is 39.0 Å². The van der Waals surface area contributed by atoms with Gasteiger partial charge in [0.1, 0.15) is 0 Å². The molecule has 3 aliphatic rings. The average molecular weight is 401 g/mol. The minimum Gasteiger partial charge on any atom is -0.378 e. The van der Waals surface area contributed by atoms with Crippen molar-refractivity contribution in [2.24, 2.45) is 5.92 Å². The maximum Gasteiger partial charge on any atom is 0.293 e. The summed E-state index contributed by atoms with van der Waals surface area (Å²) < 4.78 is 5.43. The number of anilines is 1. The van der Waals surface area contributed by atoms with Crippen molar-refractivity contribution in [1.29, 1.82) is 0 Å². The number of hydrogen-bond donors (Lipinski definition) is 0. The number of nitrogens with zero attached hydrogens (tertiary/aromatic N) is 2. The zero-order chi connectivity index (χ0) is 19.5. The van der Waals surface area contributed by atoms with Crippen LogP contribution in [0.1, 0.15) is 43.2 Å². The lowest BCUT2D eigenvalue weighted by molar-refractivity contribution is -0.123. The molecule has 0 unspecified atom stereocenters. The number of carbonyl (C=O) groups is 2. The fourth-order valence-electron chi connectivity index (χ4n) is 4.36. The van der Waals surface area contributed by atoms with Crippen LogP contribution in [0.5, 0.6) is 0 Å². The van der Waals surface area contributed by atoms with Crippen molar-refractivity contribution >= 4 is 34.7 Å². The summed E-state index contributed by atoms with van der Waals surface area (Å²) in [5.41, 5.74) is 3.36. The van der Waals surface area contributed by atoms with Gasteiger partial charge >= 0.3 is 0 Å². The Hall–Kier alpha value is -1.79. The first-order chi connectivity index (χ1) is 13.6. The SMILES string of the molecule is Cc1cc(/C=C2/SC(=O)N(CC3CCCCC3)C2=O)ccc1N1CCOCC1. The molecule has 2 amide bonds. The van der Waals surface area contributed by atoms with Gasteiger partial charge in [0.15, 0.2) is 0 Å². The summed E-state index contributed by atoms with van der Waals surface area (Å²) in [7, 11) is 0. The Labute approximate surface area is 171 Å². The van der Waals surface area contributed by atoms with Crippen molar-refractivity contribution in [3.63, 3.8) is 0 Å². The number of hydrogen-bond acceptors (Lipinski definition) is 5. The van der Waals surface area contributed by atoms with Crippen LogP contribution in [-0.4, -0.2) is 48.9 Å². The van der Waals surface area contributed by atoms with E-state index in [9.17, 15) is 9.59 Å². The zero-order valence-corrected chi connectivity index (χ0v) is 17.3. The predicted molar refractivity (Wildman–Crippen MR) is 113 cm³/mol. The average Bonchev–Trinajstić information content (AvgIpc) is 2.97. The quantitative estimate of drug-likeness (QED) is 0.699. The number of carbonyl (C=O) groups excluding carboxylic acids is 2. The molecule has 2 aliphatic heterocycles. The second-order valence-corrected chi connectivity index (χ2v) is 8.93. The van der Waals surface area contributed by atoms with Gasteiger partial charge in [-0.25, -0.2) is 0 Å². The Kier molecular flexibility index (Phi) is 6.07. The van der Waals surface area contributed by atoms with Gasteiger partial charge in [0, 0.05) is 25.3 Å². The molecule has 2 saturated heterocycles. The minimum atomic E-state index is -0.129. The highest BCUT2D eigenvalue weighted by Gasteiger charge is 2.36.